The van der Waals surface area contributed by atoms with E-state index in [1.54, 1.807) is 30.1 Å². The van der Waals surface area contributed by atoms with Crippen LogP contribution in [0.3, 0.4) is 0 Å². The molecule has 0 atom stereocenters. The van der Waals surface area contributed by atoms with Crippen LogP contribution in [0.5, 0.6) is 0 Å². The lowest BCUT2D eigenvalue weighted by Gasteiger charge is -2.07. The number of carbonyl (C=O) groups excluding carboxylic acids is 1. The Morgan fingerprint density at radius 2 is 2.22 bits per heavy atom. The summed E-state index contributed by atoms with van der Waals surface area (Å²) in [6.07, 6.45) is 1.55. The number of carbonyl (C=O) groups is 1. The van der Waals surface area contributed by atoms with Gasteiger partial charge in [-0.15, -0.1) is 0 Å². The van der Waals surface area contributed by atoms with Crippen molar-refractivity contribution < 1.29 is 4.79 Å². The van der Waals surface area contributed by atoms with E-state index < -0.39 is 0 Å². The molecule has 2 aromatic rings. The predicted octanol–water partition coefficient (Wildman–Crippen LogP) is 3.24. The Balaban J connectivity index is 2.24. The summed E-state index contributed by atoms with van der Waals surface area (Å²) in [6, 6.07) is 5.47. The maximum atomic E-state index is 12.1. The number of benzene rings is 1. The normalized spacial score (nSPS) is 10.4. The van der Waals surface area contributed by atoms with Crippen LogP contribution in [0.2, 0.25) is 5.02 Å². The molecule has 0 spiro atoms. The number of rotatable bonds is 2. The van der Waals surface area contributed by atoms with E-state index in [0.29, 0.717) is 16.3 Å². The Labute approximate surface area is 123 Å². The van der Waals surface area contributed by atoms with Gasteiger partial charge in [-0.05, 0) is 47.7 Å². The van der Waals surface area contributed by atoms with Gasteiger partial charge in [0.1, 0.15) is 0 Å². The van der Waals surface area contributed by atoms with E-state index in [1.807, 2.05) is 13.0 Å². The van der Waals surface area contributed by atoms with Crippen molar-refractivity contribution in [3.8, 4) is 0 Å². The number of aryl methyl sites for hydroxylation is 1. The Hall–Kier alpha value is -1.08. The maximum absolute atomic E-state index is 12.1. The van der Waals surface area contributed by atoms with E-state index in [1.165, 1.54) is 0 Å². The Bertz CT molecular complexity index is 609. The van der Waals surface area contributed by atoms with Crippen molar-refractivity contribution in [2.24, 2.45) is 7.05 Å². The van der Waals surface area contributed by atoms with E-state index in [4.69, 9.17) is 11.6 Å². The first-order chi connectivity index (χ1) is 8.49. The van der Waals surface area contributed by atoms with Crippen molar-refractivity contribution in [3.63, 3.8) is 0 Å². The molecular formula is C12H11ClIN3O. The number of nitrogens with one attached hydrogen (secondary N) is 1. The van der Waals surface area contributed by atoms with Crippen LogP contribution in [0.1, 0.15) is 16.1 Å². The molecule has 0 aliphatic rings. The fourth-order valence-electron chi connectivity index (χ4n) is 1.50. The minimum absolute atomic E-state index is 0.205. The van der Waals surface area contributed by atoms with Crippen LogP contribution in [-0.2, 0) is 7.05 Å². The predicted molar refractivity (Wildman–Crippen MR) is 80.1 cm³/mol. The largest absolute Gasteiger partial charge is 0.321 e. The standard InChI is InChI=1S/C12H11ClIN3O/c1-7-9(6-15-17(7)2)12(18)16-11-4-3-8(14)5-10(11)13/h3-6H,1-2H3,(H,16,18). The highest BCUT2D eigenvalue weighted by molar-refractivity contribution is 14.1. The number of aromatic nitrogens is 2. The first-order valence-electron chi connectivity index (χ1n) is 5.24. The van der Waals surface area contributed by atoms with Crippen LogP contribution >= 0.6 is 34.2 Å². The zero-order chi connectivity index (χ0) is 13.3. The second kappa shape index (κ2) is 5.27. The van der Waals surface area contributed by atoms with Gasteiger partial charge in [0.15, 0.2) is 0 Å². The van der Waals surface area contributed by atoms with Gasteiger partial charge in [0.05, 0.1) is 22.5 Å². The summed E-state index contributed by atoms with van der Waals surface area (Å²) < 4.78 is 2.68. The van der Waals surface area contributed by atoms with E-state index in [2.05, 4.69) is 33.0 Å². The monoisotopic (exact) mass is 375 g/mol. The van der Waals surface area contributed by atoms with Gasteiger partial charge in [-0.25, -0.2) is 0 Å². The Morgan fingerprint density at radius 1 is 1.50 bits per heavy atom. The average molecular weight is 376 g/mol. The van der Waals surface area contributed by atoms with Crippen molar-refractivity contribution in [2.75, 3.05) is 5.32 Å². The van der Waals surface area contributed by atoms with Gasteiger partial charge in [-0.2, -0.15) is 5.10 Å². The van der Waals surface area contributed by atoms with Gasteiger partial charge >= 0.3 is 0 Å². The first kappa shape index (κ1) is 13.4. The lowest BCUT2D eigenvalue weighted by atomic mass is 10.2. The molecule has 0 saturated carbocycles. The van der Waals surface area contributed by atoms with Gasteiger partial charge in [0, 0.05) is 16.3 Å². The van der Waals surface area contributed by atoms with E-state index in [0.717, 1.165) is 9.26 Å². The molecule has 0 unspecified atom stereocenters. The number of amides is 1. The molecule has 1 N–H and O–H groups in total. The smallest absolute Gasteiger partial charge is 0.259 e. The molecule has 2 rings (SSSR count). The summed E-state index contributed by atoms with van der Waals surface area (Å²) >= 11 is 8.23. The van der Waals surface area contributed by atoms with Crippen LogP contribution in [-0.4, -0.2) is 15.7 Å². The third kappa shape index (κ3) is 2.67. The van der Waals surface area contributed by atoms with E-state index >= 15 is 0 Å². The molecule has 0 aliphatic carbocycles. The van der Waals surface area contributed by atoms with Crippen LogP contribution in [0.25, 0.3) is 0 Å². The molecule has 94 valence electrons. The van der Waals surface area contributed by atoms with Gasteiger partial charge in [0.2, 0.25) is 0 Å². The summed E-state index contributed by atoms with van der Waals surface area (Å²) in [5.74, 6) is -0.205. The van der Waals surface area contributed by atoms with Crippen LogP contribution in [0, 0.1) is 10.5 Å². The van der Waals surface area contributed by atoms with E-state index in [9.17, 15) is 4.79 Å². The molecule has 0 saturated heterocycles. The fourth-order valence-corrected chi connectivity index (χ4v) is 2.41. The van der Waals surface area contributed by atoms with Crippen LogP contribution in [0.4, 0.5) is 5.69 Å². The van der Waals surface area contributed by atoms with Gasteiger partial charge in [-0.3, -0.25) is 9.48 Å². The first-order valence-corrected chi connectivity index (χ1v) is 6.69. The minimum Gasteiger partial charge on any atom is -0.321 e. The lowest BCUT2D eigenvalue weighted by Crippen LogP contribution is -2.13. The second-order valence-corrected chi connectivity index (χ2v) is 5.50. The van der Waals surface area contributed by atoms with Gasteiger partial charge in [0.25, 0.3) is 5.91 Å². The minimum atomic E-state index is -0.205. The number of hydrogen-bond acceptors (Lipinski definition) is 2. The molecule has 4 nitrogen and oxygen atoms in total. The summed E-state index contributed by atoms with van der Waals surface area (Å²) in [7, 11) is 1.80. The highest BCUT2D eigenvalue weighted by atomic mass is 127. The molecule has 0 aliphatic heterocycles. The van der Waals surface area contributed by atoms with Crippen molar-refractivity contribution in [1.29, 1.82) is 0 Å². The molecule has 6 heteroatoms. The maximum Gasteiger partial charge on any atom is 0.259 e. The molecule has 1 amide bonds. The second-order valence-electron chi connectivity index (χ2n) is 3.85. The topological polar surface area (TPSA) is 46.9 Å². The third-order valence-corrected chi connectivity index (χ3v) is 3.64. The Kier molecular flexibility index (Phi) is 3.91. The zero-order valence-electron chi connectivity index (χ0n) is 9.87. The molecular weight excluding hydrogens is 365 g/mol. The fraction of sp³-hybridized carbons (Fsp3) is 0.167. The molecule has 1 aromatic heterocycles. The van der Waals surface area contributed by atoms with Crippen molar-refractivity contribution in [2.45, 2.75) is 6.92 Å². The Morgan fingerprint density at radius 3 is 2.78 bits per heavy atom. The van der Waals surface area contributed by atoms with Crippen LogP contribution in [0.15, 0.2) is 24.4 Å². The van der Waals surface area contributed by atoms with Gasteiger partial charge < -0.3 is 5.32 Å². The van der Waals surface area contributed by atoms with Gasteiger partial charge in [-0.1, -0.05) is 11.6 Å². The lowest BCUT2D eigenvalue weighted by molar-refractivity contribution is 0.102. The average Bonchev–Trinajstić information content (AvgIpc) is 2.64. The molecule has 1 heterocycles. The quantitative estimate of drug-likeness (QED) is 0.819. The summed E-state index contributed by atoms with van der Waals surface area (Å²) in [6.45, 7) is 1.84. The molecule has 18 heavy (non-hydrogen) atoms. The third-order valence-electron chi connectivity index (χ3n) is 2.66. The number of hydrogen-bond donors (Lipinski definition) is 1. The summed E-state index contributed by atoms with van der Waals surface area (Å²) in [5, 5.41) is 7.34. The van der Waals surface area contributed by atoms with E-state index in [-0.39, 0.29) is 5.91 Å². The van der Waals surface area contributed by atoms with Crippen molar-refractivity contribution in [1.82, 2.24) is 9.78 Å². The summed E-state index contributed by atoms with van der Waals surface area (Å²) in [5.41, 5.74) is 1.96. The molecule has 0 radical (unpaired) electrons. The number of halogens is 2. The molecule has 0 fully saturated rings. The SMILES string of the molecule is Cc1c(C(=O)Nc2ccc(I)cc2Cl)cnn1C. The molecule has 0 bridgehead atoms. The van der Waals surface area contributed by atoms with Crippen LogP contribution < -0.4 is 5.32 Å². The highest BCUT2D eigenvalue weighted by Crippen LogP contribution is 2.24. The highest BCUT2D eigenvalue weighted by Gasteiger charge is 2.14. The van der Waals surface area contributed by atoms with Crippen molar-refractivity contribution >= 4 is 45.8 Å². The van der Waals surface area contributed by atoms with Crippen molar-refractivity contribution in [3.05, 3.63) is 44.2 Å². The molecule has 1 aromatic carbocycles. The summed E-state index contributed by atoms with van der Waals surface area (Å²) in [4.78, 5) is 12.1. The zero-order valence-corrected chi connectivity index (χ0v) is 12.8. The number of anilines is 1. The number of nitrogens with zero attached hydrogens (tertiary/aromatic N) is 2.